The smallest absolute Gasteiger partial charge is 0.270 e. The Morgan fingerprint density at radius 3 is 2.93 bits per heavy atom. The fraction of sp³-hybridized carbons (Fsp3) is 0.273. The maximum absolute atomic E-state index is 11.5. The zero-order chi connectivity index (χ0) is 10.7. The normalized spacial score (nSPS) is 10.7. The molecule has 0 aliphatic carbocycles. The van der Waals surface area contributed by atoms with Gasteiger partial charge in [-0.15, -0.1) is 0 Å². The third-order valence-corrected chi connectivity index (χ3v) is 2.24. The molecule has 1 aromatic carbocycles. The first kappa shape index (κ1) is 9.86. The molecule has 2 rings (SSSR count). The van der Waals surface area contributed by atoms with E-state index in [0.29, 0.717) is 18.5 Å². The van der Waals surface area contributed by atoms with Crippen molar-refractivity contribution in [2.45, 2.75) is 12.8 Å². The number of aliphatic hydroxyl groups excluding tert-OH is 1. The lowest BCUT2D eigenvalue weighted by atomic mass is 10.2. The maximum Gasteiger partial charge on any atom is 0.270 e. The molecule has 1 heterocycles. The van der Waals surface area contributed by atoms with Crippen LogP contribution in [-0.2, 0) is 6.42 Å². The SMILES string of the molecule is O=c1[nH]c2ccccc2nc1CCCO. The number of para-hydroxylation sites is 2. The van der Waals surface area contributed by atoms with Crippen molar-refractivity contribution in [2.75, 3.05) is 6.61 Å². The van der Waals surface area contributed by atoms with Gasteiger partial charge in [0.2, 0.25) is 0 Å². The van der Waals surface area contributed by atoms with Crippen molar-refractivity contribution in [1.82, 2.24) is 9.97 Å². The average Bonchev–Trinajstić information content (AvgIpc) is 2.26. The van der Waals surface area contributed by atoms with Crippen LogP contribution in [0.1, 0.15) is 12.1 Å². The molecule has 4 nitrogen and oxygen atoms in total. The molecule has 15 heavy (non-hydrogen) atoms. The van der Waals surface area contributed by atoms with E-state index in [4.69, 9.17) is 5.11 Å². The highest BCUT2D eigenvalue weighted by Gasteiger charge is 2.03. The molecule has 0 aliphatic rings. The van der Waals surface area contributed by atoms with Crippen molar-refractivity contribution >= 4 is 11.0 Å². The standard InChI is InChI=1S/C11H12N2O2/c14-7-3-6-10-11(15)13-9-5-2-1-4-8(9)12-10/h1-2,4-5,14H,3,6-7H2,(H,13,15). The lowest BCUT2D eigenvalue weighted by Gasteiger charge is -2.00. The Morgan fingerprint density at radius 1 is 1.33 bits per heavy atom. The molecule has 78 valence electrons. The summed E-state index contributed by atoms with van der Waals surface area (Å²) >= 11 is 0. The van der Waals surface area contributed by atoms with Crippen molar-refractivity contribution in [2.24, 2.45) is 0 Å². The summed E-state index contributed by atoms with van der Waals surface area (Å²) in [7, 11) is 0. The number of aromatic amines is 1. The van der Waals surface area contributed by atoms with Gasteiger partial charge >= 0.3 is 0 Å². The molecule has 2 aromatic rings. The van der Waals surface area contributed by atoms with Gasteiger partial charge in [0.15, 0.2) is 0 Å². The molecule has 0 spiro atoms. The molecule has 2 N–H and O–H groups in total. The van der Waals surface area contributed by atoms with E-state index in [-0.39, 0.29) is 12.2 Å². The van der Waals surface area contributed by atoms with Crippen LogP contribution in [0, 0.1) is 0 Å². The number of fused-ring (bicyclic) bond motifs is 1. The van der Waals surface area contributed by atoms with Gasteiger partial charge in [-0.05, 0) is 25.0 Å². The molecule has 0 unspecified atom stereocenters. The van der Waals surface area contributed by atoms with Gasteiger partial charge in [-0.25, -0.2) is 4.98 Å². The number of aromatic nitrogens is 2. The van der Waals surface area contributed by atoms with Crippen LogP contribution in [0.5, 0.6) is 0 Å². The molecule has 0 saturated carbocycles. The number of benzene rings is 1. The van der Waals surface area contributed by atoms with Gasteiger partial charge in [-0.1, -0.05) is 12.1 Å². The van der Waals surface area contributed by atoms with Crippen LogP contribution in [-0.4, -0.2) is 21.7 Å². The molecule has 0 saturated heterocycles. The Kier molecular flexibility index (Phi) is 2.78. The molecule has 0 bridgehead atoms. The summed E-state index contributed by atoms with van der Waals surface area (Å²) in [5.74, 6) is 0. The lowest BCUT2D eigenvalue weighted by molar-refractivity contribution is 0.288. The molecule has 0 fully saturated rings. The van der Waals surface area contributed by atoms with Crippen LogP contribution in [0.4, 0.5) is 0 Å². The van der Waals surface area contributed by atoms with Crippen molar-refractivity contribution in [3.8, 4) is 0 Å². The predicted octanol–water partition coefficient (Wildman–Crippen LogP) is 0.848. The summed E-state index contributed by atoms with van der Waals surface area (Å²) in [6, 6.07) is 7.41. The number of nitrogens with zero attached hydrogens (tertiary/aromatic N) is 1. The Hall–Kier alpha value is -1.68. The minimum atomic E-state index is -0.165. The molecular formula is C11H12N2O2. The molecule has 4 heteroatoms. The summed E-state index contributed by atoms with van der Waals surface area (Å²) in [5, 5.41) is 8.69. The first-order chi connectivity index (χ1) is 7.31. The Bertz CT molecular complexity index is 519. The van der Waals surface area contributed by atoms with E-state index in [9.17, 15) is 4.79 Å². The number of H-pyrrole nitrogens is 1. The van der Waals surface area contributed by atoms with Crippen LogP contribution < -0.4 is 5.56 Å². The van der Waals surface area contributed by atoms with Crippen LogP contribution in [0.3, 0.4) is 0 Å². The van der Waals surface area contributed by atoms with E-state index in [0.717, 1.165) is 11.0 Å². The molecule has 0 aliphatic heterocycles. The number of nitrogens with one attached hydrogen (secondary N) is 1. The fourth-order valence-corrected chi connectivity index (χ4v) is 1.48. The van der Waals surface area contributed by atoms with E-state index in [1.54, 1.807) is 0 Å². The summed E-state index contributed by atoms with van der Waals surface area (Å²) in [6.45, 7) is 0.0773. The third kappa shape index (κ3) is 2.05. The first-order valence-electron chi connectivity index (χ1n) is 4.90. The van der Waals surface area contributed by atoms with Crippen LogP contribution in [0.2, 0.25) is 0 Å². The van der Waals surface area contributed by atoms with Gasteiger partial charge in [0.1, 0.15) is 5.69 Å². The monoisotopic (exact) mass is 204 g/mol. The van der Waals surface area contributed by atoms with E-state index in [1.807, 2.05) is 24.3 Å². The average molecular weight is 204 g/mol. The van der Waals surface area contributed by atoms with E-state index < -0.39 is 0 Å². The number of aryl methyl sites for hydroxylation is 1. The van der Waals surface area contributed by atoms with Crippen molar-refractivity contribution in [3.05, 3.63) is 40.3 Å². The second-order valence-corrected chi connectivity index (χ2v) is 3.36. The summed E-state index contributed by atoms with van der Waals surface area (Å²) in [6.07, 6.45) is 1.07. The summed E-state index contributed by atoms with van der Waals surface area (Å²) in [4.78, 5) is 18.6. The highest BCUT2D eigenvalue weighted by Crippen LogP contribution is 2.06. The number of rotatable bonds is 3. The van der Waals surface area contributed by atoms with Crippen LogP contribution in [0.15, 0.2) is 29.1 Å². The van der Waals surface area contributed by atoms with Crippen molar-refractivity contribution in [3.63, 3.8) is 0 Å². The number of hydrogen-bond acceptors (Lipinski definition) is 3. The minimum absolute atomic E-state index is 0.0773. The number of hydrogen-bond donors (Lipinski definition) is 2. The molecule has 0 radical (unpaired) electrons. The lowest BCUT2D eigenvalue weighted by Crippen LogP contribution is -2.15. The van der Waals surface area contributed by atoms with E-state index in [2.05, 4.69) is 9.97 Å². The molecule has 0 amide bonds. The first-order valence-corrected chi connectivity index (χ1v) is 4.90. The fourth-order valence-electron chi connectivity index (χ4n) is 1.48. The third-order valence-electron chi connectivity index (χ3n) is 2.24. The van der Waals surface area contributed by atoms with E-state index in [1.165, 1.54) is 0 Å². The second-order valence-electron chi connectivity index (χ2n) is 3.36. The Morgan fingerprint density at radius 2 is 2.13 bits per heavy atom. The van der Waals surface area contributed by atoms with Gasteiger partial charge in [0, 0.05) is 6.61 Å². The van der Waals surface area contributed by atoms with E-state index >= 15 is 0 Å². The van der Waals surface area contributed by atoms with Gasteiger partial charge in [-0.2, -0.15) is 0 Å². The molecule has 0 atom stereocenters. The number of aliphatic hydroxyl groups is 1. The van der Waals surface area contributed by atoms with Gasteiger partial charge in [0.25, 0.3) is 5.56 Å². The van der Waals surface area contributed by atoms with Gasteiger partial charge in [0.05, 0.1) is 11.0 Å². The highest BCUT2D eigenvalue weighted by molar-refractivity contribution is 5.73. The topological polar surface area (TPSA) is 66.0 Å². The molecular weight excluding hydrogens is 192 g/mol. The summed E-state index contributed by atoms with van der Waals surface area (Å²) < 4.78 is 0. The van der Waals surface area contributed by atoms with Gasteiger partial charge < -0.3 is 10.1 Å². The summed E-state index contributed by atoms with van der Waals surface area (Å²) in [5.41, 5.74) is 1.85. The highest BCUT2D eigenvalue weighted by atomic mass is 16.2. The predicted molar refractivity (Wildman–Crippen MR) is 57.8 cm³/mol. The van der Waals surface area contributed by atoms with Crippen molar-refractivity contribution < 1.29 is 5.11 Å². The van der Waals surface area contributed by atoms with Crippen LogP contribution >= 0.6 is 0 Å². The minimum Gasteiger partial charge on any atom is -0.396 e. The largest absolute Gasteiger partial charge is 0.396 e. The Balaban J connectivity index is 2.48. The van der Waals surface area contributed by atoms with Crippen LogP contribution in [0.25, 0.3) is 11.0 Å². The molecule has 1 aromatic heterocycles. The van der Waals surface area contributed by atoms with Crippen molar-refractivity contribution in [1.29, 1.82) is 0 Å². The Labute approximate surface area is 86.6 Å². The quantitative estimate of drug-likeness (QED) is 0.778. The zero-order valence-electron chi connectivity index (χ0n) is 8.23. The maximum atomic E-state index is 11.5. The zero-order valence-corrected chi connectivity index (χ0v) is 8.23. The second kappa shape index (κ2) is 4.23. The van der Waals surface area contributed by atoms with Gasteiger partial charge in [-0.3, -0.25) is 4.79 Å².